The summed E-state index contributed by atoms with van der Waals surface area (Å²) in [6.45, 7) is 6.75. The van der Waals surface area contributed by atoms with Crippen LogP contribution in [0.2, 0.25) is 0 Å². The molecule has 18 heavy (non-hydrogen) atoms. The molecule has 2 fully saturated rings. The number of aliphatic hydroxyl groups excluding tert-OH is 1. The Morgan fingerprint density at radius 2 is 2.00 bits per heavy atom. The molecule has 1 N–H and O–H groups in total. The van der Waals surface area contributed by atoms with E-state index in [9.17, 15) is 5.11 Å². The predicted octanol–water partition coefficient (Wildman–Crippen LogP) is 1.95. The van der Waals surface area contributed by atoms with E-state index in [-0.39, 0.29) is 11.5 Å². The van der Waals surface area contributed by atoms with Gasteiger partial charge in [0.2, 0.25) is 0 Å². The first-order chi connectivity index (χ1) is 8.42. The molecule has 0 aromatic heterocycles. The minimum Gasteiger partial charge on any atom is -0.391 e. The largest absolute Gasteiger partial charge is 0.391 e. The Hall–Kier alpha value is -0.120. The van der Waals surface area contributed by atoms with Crippen molar-refractivity contribution in [2.24, 2.45) is 5.41 Å². The van der Waals surface area contributed by atoms with E-state index in [2.05, 4.69) is 37.7 Å². The Morgan fingerprint density at radius 1 is 1.28 bits per heavy atom. The van der Waals surface area contributed by atoms with Crippen LogP contribution < -0.4 is 0 Å². The minimum absolute atomic E-state index is 0.0821. The summed E-state index contributed by atoms with van der Waals surface area (Å²) < 4.78 is 0. The maximum atomic E-state index is 10.6. The van der Waals surface area contributed by atoms with Gasteiger partial charge in [-0.2, -0.15) is 0 Å². The van der Waals surface area contributed by atoms with E-state index < -0.39 is 0 Å². The Balaban J connectivity index is 1.93. The summed E-state index contributed by atoms with van der Waals surface area (Å²) in [5, 5.41) is 10.6. The van der Waals surface area contributed by atoms with Gasteiger partial charge in [0, 0.05) is 18.6 Å². The number of likely N-dealkylation sites (N-methyl/N-ethyl adjacent to an activating group) is 2. The van der Waals surface area contributed by atoms with Crippen molar-refractivity contribution in [2.75, 3.05) is 27.2 Å². The topological polar surface area (TPSA) is 26.7 Å². The lowest BCUT2D eigenvalue weighted by molar-refractivity contribution is -0.0537. The summed E-state index contributed by atoms with van der Waals surface area (Å²) in [6, 6.07) is 1.04. The lowest BCUT2D eigenvalue weighted by Gasteiger charge is -2.45. The van der Waals surface area contributed by atoms with E-state index in [1.165, 1.54) is 25.8 Å². The molecule has 3 heteroatoms. The van der Waals surface area contributed by atoms with Crippen molar-refractivity contribution in [2.45, 2.75) is 64.1 Å². The van der Waals surface area contributed by atoms with Crippen molar-refractivity contribution >= 4 is 0 Å². The Kier molecular flexibility index (Phi) is 4.35. The number of nitrogens with zero attached hydrogens (tertiary/aromatic N) is 2. The van der Waals surface area contributed by atoms with E-state index in [1.807, 2.05) is 0 Å². The molecule has 0 spiro atoms. The van der Waals surface area contributed by atoms with Crippen LogP contribution in [0.1, 0.15) is 46.0 Å². The monoisotopic (exact) mass is 254 g/mol. The van der Waals surface area contributed by atoms with E-state index >= 15 is 0 Å². The smallest absolute Gasteiger partial charge is 0.0746 e. The molecule has 2 aliphatic rings. The molecule has 1 saturated carbocycles. The fraction of sp³-hybridized carbons (Fsp3) is 1.00. The quantitative estimate of drug-likeness (QED) is 0.834. The molecule has 106 valence electrons. The van der Waals surface area contributed by atoms with Crippen LogP contribution in [0.25, 0.3) is 0 Å². The molecule has 1 saturated heterocycles. The van der Waals surface area contributed by atoms with Crippen molar-refractivity contribution in [1.29, 1.82) is 0 Å². The zero-order chi connectivity index (χ0) is 13.3. The molecule has 1 aliphatic carbocycles. The van der Waals surface area contributed by atoms with Crippen LogP contribution in [0.3, 0.4) is 0 Å². The highest BCUT2D eigenvalue weighted by Gasteiger charge is 2.40. The van der Waals surface area contributed by atoms with Crippen LogP contribution in [-0.4, -0.2) is 60.3 Å². The zero-order valence-corrected chi connectivity index (χ0v) is 12.5. The van der Waals surface area contributed by atoms with Crippen LogP contribution in [0, 0.1) is 5.41 Å². The standard InChI is InChI=1S/C15H30N2O/c1-15(2)9-5-8-13(14(15)18)17(4)11-12-7-6-10-16(12)3/h12-14,18H,5-11H2,1-4H3. The molecule has 0 radical (unpaired) electrons. The molecular weight excluding hydrogens is 224 g/mol. The molecular formula is C15H30N2O. The Morgan fingerprint density at radius 3 is 2.61 bits per heavy atom. The highest BCUT2D eigenvalue weighted by atomic mass is 16.3. The fourth-order valence-electron chi connectivity index (χ4n) is 3.73. The molecule has 1 heterocycles. The number of rotatable bonds is 3. The third kappa shape index (κ3) is 2.89. The lowest BCUT2D eigenvalue weighted by Crippen LogP contribution is -2.53. The van der Waals surface area contributed by atoms with Crippen LogP contribution >= 0.6 is 0 Å². The van der Waals surface area contributed by atoms with Crippen molar-refractivity contribution < 1.29 is 5.11 Å². The Bertz CT molecular complexity index is 280. The molecule has 3 atom stereocenters. The van der Waals surface area contributed by atoms with E-state index in [1.54, 1.807) is 0 Å². The molecule has 2 rings (SSSR count). The van der Waals surface area contributed by atoms with E-state index in [0.29, 0.717) is 12.1 Å². The number of aliphatic hydroxyl groups is 1. The molecule has 3 nitrogen and oxygen atoms in total. The van der Waals surface area contributed by atoms with Gasteiger partial charge < -0.3 is 10.0 Å². The van der Waals surface area contributed by atoms with Gasteiger partial charge in [-0.1, -0.05) is 20.3 Å². The summed E-state index contributed by atoms with van der Waals surface area (Å²) in [5.41, 5.74) is 0.0821. The zero-order valence-electron chi connectivity index (χ0n) is 12.5. The van der Waals surface area contributed by atoms with Crippen LogP contribution in [0.15, 0.2) is 0 Å². The van der Waals surface area contributed by atoms with Gasteiger partial charge in [0.15, 0.2) is 0 Å². The maximum Gasteiger partial charge on any atom is 0.0746 e. The summed E-state index contributed by atoms with van der Waals surface area (Å²) in [7, 11) is 4.42. The molecule has 0 bridgehead atoms. The SMILES string of the molecule is CN1CCCC1CN(C)C1CCCC(C)(C)C1O. The van der Waals surface area contributed by atoms with Gasteiger partial charge in [0.05, 0.1) is 6.10 Å². The van der Waals surface area contributed by atoms with Crippen LogP contribution in [-0.2, 0) is 0 Å². The van der Waals surface area contributed by atoms with Crippen molar-refractivity contribution in [1.82, 2.24) is 9.80 Å². The maximum absolute atomic E-state index is 10.6. The molecule has 1 aliphatic heterocycles. The second-order valence-corrected chi connectivity index (χ2v) is 7.11. The van der Waals surface area contributed by atoms with Gasteiger partial charge in [-0.15, -0.1) is 0 Å². The third-order valence-electron chi connectivity index (χ3n) is 5.22. The molecule has 0 aromatic carbocycles. The van der Waals surface area contributed by atoms with Crippen LogP contribution in [0.4, 0.5) is 0 Å². The van der Waals surface area contributed by atoms with Crippen molar-refractivity contribution in [3.05, 3.63) is 0 Å². The summed E-state index contributed by atoms with van der Waals surface area (Å²) >= 11 is 0. The number of hydrogen-bond donors (Lipinski definition) is 1. The first-order valence-corrected chi connectivity index (χ1v) is 7.50. The van der Waals surface area contributed by atoms with E-state index in [4.69, 9.17) is 0 Å². The first kappa shape index (κ1) is 14.3. The van der Waals surface area contributed by atoms with Gasteiger partial charge >= 0.3 is 0 Å². The second kappa shape index (κ2) is 5.48. The highest BCUT2D eigenvalue weighted by Crippen LogP contribution is 2.37. The predicted molar refractivity (Wildman–Crippen MR) is 75.7 cm³/mol. The molecule has 0 aromatic rings. The minimum atomic E-state index is -0.178. The highest BCUT2D eigenvalue weighted by molar-refractivity contribution is 4.93. The van der Waals surface area contributed by atoms with Gasteiger partial charge in [-0.05, 0) is 51.7 Å². The molecule has 0 amide bonds. The number of hydrogen-bond acceptors (Lipinski definition) is 3. The van der Waals surface area contributed by atoms with E-state index in [0.717, 1.165) is 19.4 Å². The van der Waals surface area contributed by atoms with Gasteiger partial charge in [-0.25, -0.2) is 0 Å². The van der Waals surface area contributed by atoms with Gasteiger partial charge in [-0.3, -0.25) is 4.90 Å². The van der Waals surface area contributed by atoms with Gasteiger partial charge in [0.1, 0.15) is 0 Å². The third-order valence-corrected chi connectivity index (χ3v) is 5.22. The average Bonchev–Trinajstić information content (AvgIpc) is 2.68. The average molecular weight is 254 g/mol. The lowest BCUT2D eigenvalue weighted by atomic mass is 9.72. The summed E-state index contributed by atoms with van der Waals surface area (Å²) in [4.78, 5) is 4.88. The number of likely N-dealkylation sites (tertiary alicyclic amines) is 1. The van der Waals surface area contributed by atoms with Crippen molar-refractivity contribution in [3.8, 4) is 0 Å². The summed E-state index contributed by atoms with van der Waals surface area (Å²) in [5.74, 6) is 0. The van der Waals surface area contributed by atoms with Crippen molar-refractivity contribution in [3.63, 3.8) is 0 Å². The second-order valence-electron chi connectivity index (χ2n) is 7.11. The Labute approximate surface area is 112 Å². The molecule has 3 unspecified atom stereocenters. The van der Waals surface area contributed by atoms with Crippen LogP contribution in [0.5, 0.6) is 0 Å². The van der Waals surface area contributed by atoms with Gasteiger partial charge in [0.25, 0.3) is 0 Å². The fourth-order valence-corrected chi connectivity index (χ4v) is 3.73. The first-order valence-electron chi connectivity index (χ1n) is 7.50. The summed E-state index contributed by atoms with van der Waals surface area (Å²) in [6.07, 6.45) is 6.02. The normalized spacial score (nSPS) is 37.3.